The molecular weight excluding hydrogens is 376 g/mol. The summed E-state index contributed by atoms with van der Waals surface area (Å²) in [6, 6.07) is 1.63. The molecular formula is C15H19F2NO5S2. The first kappa shape index (κ1) is 18.7. The first-order chi connectivity index (χ1) is 11.7. The van der Waals surface area contributed by atoms with Gasteiger partial charge in [-0.1, -0.05) is 0 Å². The molecule has 1 aromatic carbocycles. The fraction of sp³-hybridized carbons (Fsp3) is 0.600. The number of hydrogen-bond donors (Lipinski definition) is 0. The smallest absolute Gasteiger partial charge is 0.243 e. The third-order valence-corrected chi connectivity index (χ3v) is 8.19. The number of rotatable bonds is 5. The Labute approximate surface area is 145 Å². The van der Waals surface area contributed by atoms with Gasteiger partial charge in [-0.3, -0.25) is 0 Å². The Morgan fingerprint density at radius 1 is 1.20 bits per heavy atom. The van der Waals surface area contributed by atoms with E-state index in [1.165, 1.54) is 0 Å². The van der Waals surface area contributed by atoms with Gasteiger partial charge in [-0.05, 0) is 37.5 Å². The Hall–Kier alpha value is -1.10. The van der Waals surface area contributed by atoms with Crippen LogP contribution in [0.2, 0.25) is 0 Å². The average molecular weight is 395 g/mol. The summed E-state index contributed by atoms with van der Waals surface area (Å²) in [4.78, 5) is -0.395. The van der Waals surface area contributed by atoms with Crippen molar-refractivity contribution in [2.75, 3.05) is 24.7 Å². The SMILES string of the molecule is O=S1(=O)CC[C@@H](N(C[C@@H]2CCCO2)S(=O)(=O)c2ccc(F)c(F)c2)C1. The molecule has 0 N–H and O–H groups in total. The van der Waals surface area contributed by atoms with Crippen molar-refractivity contribution in [3.05, 3.63) is 29.8 Å². The molecule has 10 heteroatoms. The highest BCUT2D eigenvalue weighted by Gasteiger charge is 2.40. The van der Waals surface area contributed by atoms with Gasteiger partial charge in [-0.25, -0.2) is 25.6 Å². The second kappa shape index (κ2) is 6.90. The number of benzene rings is 1. The molecule has 2 atom stereocenters. The summed E-state index contributed by atoms with van der Waals surface area (Å²) in [6.45, 7) is 0.522. The van der Waals surface area contributed by atoms with Gasteiger partial charge in [-0.15, -0.1) is 0 Å². The molecule has 0 saturated carbocycles. The zero-order chi connectivity index (χ0) is 18.2. The maximum Gasteiger partial charge on any atom is 0.243 e. The van der Waals surface area contributed by atoms with Gasteiger partial charge in [0.15, 0.2) is 21.5 Å². The monoisotopic (exact) mass is 395 g/mol. The van der Waals surface area contributed by atoms with E-state index < -0.39 is 42.4 Å². The van der Waals surface area contributed by atoms with Gasteiger partial charge in [0.2, 0.25) is 10.0 Å². The highest BCUT2D eigenvalue weighted by Crippen LogP contribution is 2.28. The van der Waals surface area contributed by atoms with Gasteiger partial charge in [-0.2, -0.15) is 4.31 Å². The molecule has 0 aromatic heterocycles. The lowest BCUT2D eigenvalue weighted by atomic mass is 10.2. The Morgan fingerprint density at radius 3 is 2.52 bits per heavy atom. The van der Waals surface area contributed by atoms with Crippen LogP contribution < -0.4 is 0 Å². The normalized spacial score (nSPS) is 26.4. The van der Waals surface area contributed by atoms with Gasteiger partial charge in [0.25, 0.3) is 0 Å². The largest absolute Gasteiger partial charge is 0.377 e. The highest BCUT2D eigenvalue weighted by molar-refractivity contribution is 7.92. The Morgan fingerprint density at radius 2 is 1.96 bits per heavy atom. The summed E-state index contributed by atoms with van der Waals surface area (Å²) in [6.07, 6.45) is 1.32. The molecule has 0 amide bonds. The van der Waals surface area contributed by atoms with E-state index in [-0.39, 0.29) is 30.6 Å². The van der Waals surface area contributed by atoms with Gasteiger partial charge in [0.05, 0.1) is 22.5 Å². The topological polar surface area (TPSA) is 80.8 Å². The van der Waals surface area contributed by atoms with Crippen molar-refractivity contribution in [3.63, 3.8) is 0 Å². The lowest BCUT2D eigenvalue weighted by Crippen LogP contribution is -2.45. The maximum absolute atomic E-state index is 13.5. The Kier molecular flexibility index (Phi) is 5.16. The molecule has 6 nitrogen and oxygen atoms in total. The van der Waals surface area contributed by atoms with Crippen molar-refractivity contribution in [2.45, 2.75) is 36.3 Å². The van der Waals surface area contributed by atoms with E-state index in [4.69, 9.17) is 4.74 Å². The number of halogens is 2. The minimum absolute atomic E-state index is 0.00150. The third kappa shape index (κ3) is 4.02. The molecule has 2 heterocycles. The molecule has 2 saturated heterocycles. The molecule has 25 heavy (non-hydrogen) atoms. The van der Waals surface area contributed by atoms with Crippen LogP contribution in [0.5, 0.6) is 0 Å². The number of nitrogens with zero attached hydrogens (tertiary/aromatic N) is 1. The fourth-order valence-electron chi connectivity index (χ4n) is 3.21. The standard InChI is InChI=1S/C15H19F2NO5S2/c16-14-4-3-13(8-15(14)17)25(21,22)18(9-12-2-1-6-23-12)11-5-7-24(19,20)10-11/h3-4,8,11-12H,1-2,5-7,9-10H2/t11-,12+/m1/s1. The van der Waals surface area contributed by atoms with Crippen LogP contribution in [0.1, 0.15) is 19.3 Å². The molecule has 0 aliphatic carbocycles. The van der Waals surface area contributed by atoms with Gasteiger partial charge in [0.1, 0.15) is 0 Å². The van der Waals surface area contributed by atoms with E-state index >= 15 is 0 Å². The van der Waals surface area contributed by atoms with E-state index in [2.05, 4.69) is 0 Å². The first-order valence-electron chi connectivity index (χ1n) is 7.98. The maximum atomic E-state index is 13.5. The summed E-state index contributed by atoms with van der Waals surface area (Å²) < 4.78 is 82.7. The molecule has 0 radical (unpaired) electrons. The second-order valence-electron chi connectivity index (χ2n) is 6.34. The minimum Gasteiger partial charge on any atom is -0.377 e. The quantitative estimate of drug-likeness (QED) is 0.751. The van der Waals surface area contributed by atoms with E-state index in [1.54, 1.807) is 0 Å². The zero-order valence-corrected chi connectivity index (χ0v) is 15.0. The number of hydrogen-bond acceptors (Lipinski definition) is 5. The van der Waals surface area contributed by atoms with E-state index in [9.17, 15) is 25.6 Å². The predicted octanol–water partition coefficient (Wildman–Crippen LogP) is 1.32. The third-order valence-electron chi connectivity index (χ3n) is 4.52. The molecule has 2 fully saturated rings. The van der Waals surface area contributed by atoms with Crippen LogP contribution in [0.4, 0.5) is 8.78 Å². The summed E-state index contributed by atoms with van der Waals surface area (Å²) >= 11 is 0. The molecule has 0 bridgehead atoms. The lowest BCUT2D eigenvalue weighted by Gasteiger charge is -2.29. The zero-order valence-electron chi connectivity index (χ0n) is 13.4. The van der Waals surface area contributed by atoms with Crippen molar-refractivity contribution in [1.82, 2.24) is 4.31 Å². The first-order valence-corrected chi connectivity index (χ1v) is 11.2. The second-order valence-corrected chi connectivity index (χ2v) is 10.5. The van der Waals surface area contributed by atoms with Crippen LogP contribution in [0, 0.1) is 11.6 Å². The lowest BCUT2D eigenvalue weighted by molar-refractivity contribution is 0.0877. The van der Waals surface area contributed by atoms with Crippen LogP contribution in [-0.2, 0) is 24.6 Å². The predicted molar refractivity (Wildman–Crippen MR) is 86.3 cm³/mol. The molecule has 2 aliphatic heterocycles. The summed E-state index contributed by atoms with van der Waals surface area (Å²) in [5.74, 6) is -2.78. The van der Waals surface area contributed by atoms with Crippen molar-refractivity contribution in [1.29, 1.82) is 0 Å². The van der Waals surface area contributed by atoms with E-state index in [1.807, 2.05) is 0 Å². The molecule has 1 aromatic rings. The van der Waals surface area contributed by atoms with Crippen LogP contribution in [0.25, 0.3) is 0 Å². The van der Waals surface area contributed by atoms with E-state index in [0.29, 0.717) is 19.1 Å². The minimum atomic E-state index is -4.18. The summed E-state index contributed by atoms with van der Waals surface area (Å²) in [7, 11) is -7.49. The molecule has 2 aliphatic rings. The van der Waals surface area contributed by atoms with Gasteiger partial charge < -0.3 is 4.74 Å². The Bertz CT molecular complexity index is 851. The fourth-order valence-corrected chi connectivity index (χ4v) is 6.73. The van der Waals surface area contributed by atoms with Crippen molar-refractivity contribution in [3.8, 4) is 0 Å². The van der Waals surface area contributed by atoms with Gasteiger partial charge >= 0.3 is 0 Å². The Balaban J connectivity index is 1.95. The number of sulfonamides is 1. The van der Waals surface area contributed by atoms with Crippen LogP contribution in [-0.4, -0.2) is 57.9 Å². The van der Waals surface area contributed by atoms with Crippen LogP contribution in [0.3, 0.4) is 0 Å². The molecule has 3 rings (SSSR count). The van der Waals surface area contributed by atoms with Crippen molar-refractivity contribution in [2.24, 2.45) is 0 Å². The van der Waals surface area contributed by atoms with Crippen LogP contribution >= 0.6 is 0 Å². The van der Waals surface area contributed by atoms with Crippen molar-refractivity contribution >= 4 is 19.9 Å². The highest BCUT2D eigenvalue weighted by atomic mass is 32.2. The molecule has 140 valence electrons. The number of ether oxygens (including phenoxy) is 1. The van der Waals surface area contributed by atoms with E-state index in [0.717, 1.165) is 22.9 Å². The summed E-state index contributed by atoms with van der Waals surface area (Å²) in [5, 5.41) is 0. The number of sulfone groups is 1. The van der Waals surface area contributed by atoms with Gasteiger partial charge in [0, 0.05) is 19.2 Å². The average Bonchev–Trinajstić information content (AvgIpc) is 3.16. The molecule has 0 spiro atoms. The van der Waals surface area contributed by atoms with Crippen molar-refractivity contribution < 1.29 is 30.4 Å². The van der Waals surface area contributed by atoms with Crippen LogP contribution in [0.15, 0.2) is 23.1 Å². The summed E-state index contributed by atoms with van der Waals surface area (Å²) in [5.41, 5.74) is 0. The molecule has 0 unspecified atom stereocenters.